The molecule has 1 aliphatic rings. The molecule has 2 aromatic heterocycles. The van der Waals surface area contributed by atoms with Crippen LogP contribution in [0.25, 0.3) is 5.69 Å². The summed E-state index contributed by atoms with van der Waals surface area (Å²) in [5, 5.41) is 5.31. The van der Waals surface area contributed by atoms with Gasteiger partial charge in [0.15, 0.2) is 4.77 Å². The highest BCUT2D eigenvalue weighted by Gasteiger charge is 2.21. The molecule has 25 heavy (non-hydrogen) atoms. The topological polar surface area (TPSA) is 49.7 Å². The van der Waals surface area contributed by atoms with Crippen molar-refractivity contribution in [3.8, 4) is 5.69 Å². The fourth-order valence-electron chi connectivity index (χ4n) is 3.22. The third kappa shape index (κ3) is 3.25. The average molecular weight is 372 g/mol. The Morgan fingerprint density at radius 1 is 1.28 bits per heavy atom. The van der Waals surface area contributed by atoms with E-state index in [0.717, 1.165) is 43.0 Å². The van der Waals surface area contributed by atoms with Crippen LogP contribution in [0.4, 0.5) is 0 Å². The highest BCUT2D eigenvalue weighted by molar-refractivity contribution is 7.71. The molecule has 1 N–H and O–H groups in total. The second-order valence-corrected chi connectivity index (χ2v) is 7.00. The van der Waals surface area contributed by atoms with Crippen molar-refractivity contribution in [2.24, 2.45) is 0 Å². The Labute approximate surface area is 156 Å². The van der Waals surface area contributed by atoms with Crippen molar-refractivity contribution in [1.29, 1.82) is 0 Å². The second kappa shape index (κ2) is 6.71. The van der Waals surface area contributed by atoms with Crippen molar-refractivity contribution in [1.82, 2.24) is 24.6 Å². The van der Waals surface area contributed by atoms with Crippen LogP contribution in [0.1, 0.15) is 22.5 Å². The van der Waals surface area contributed by atoms with Crippen LogP contribution >= 0.6 is 23.8 Å². The van der Waals surface area contributed by atoms with E-state index in [1.807, 2.05) is 48.1 Å². The van der Waals surface area contributed by atoms with E-state index in [0.29, 0.717) is 9.92 Å². The van der Waals surface area contributed by atoms with E-state index in [4.69, 9.17) is 23.8 Å². The number of nitrogens with one attached hydrogen (secondary N) is 1. The predicted octanol–water partition coefficient (Wildman–Crippen LogP) is 3.85. The van der Waals surface area contributed by atoms with Gasteiger partial charge in [-0.25, -0.2) is 9.67 Å². The van der Waals surface area contributed by atoms with E-state index >= 15 is 0 Å². The summed E-state index contributed by atoms with van der Waals surface area (Å²) in [4.78, 5) is 9.77. The standard InChI is InChI=1S/C18H18ClN5S/c1-12-15(17(19)24(22-12)14-5-3-2-4-6-14)11-23-8-7-16-13(10-23)9-20-18(25)21-16/h2-6,9H,7-8,10-11H2,1H3,(H,20,21,25). The molecule has 3 aromatic rings. The molecular weight excluding hydrogens is 354 g/mol. The number of hydrogen-bond donors (Lipinski definition) is 1. The zero-order chi connectivity index (χ0) is 17.4. The van der Waals surface area contributed by atoms with Gasteiger partial charge in [-0.2, -0.15) is 5.10 Å². The van der Waals surface area contributed by atoms with Crippen LogP contribution in [0.5, 0.6) is 0 Å². The summed E-state index contributed by atoms with van der Waals surface area (Å²) in [6.07, 6.45) is 2.81. The largest absolute Gasteiger partial charge is 0.334 e. The first-order chi connectivity index (χ1) is 12.1. The third-order valence-corrected chi connectivity index (χ3v) is 5.15. The summed E-state index contributed by atoms with van der Waals surface area (Å²) in [5.41, 5.74) is 5.40. The molecule has 0 atom stereocenters. The molecule has 1 aromatic carbocycles. The zero-order valence-electron chi connectivity index (χ0n) is 13.9. The molecule has 7 heteroatoms. The summed E-state index contributed by atoms with van der Waals surface area (Å²) in [5.74, 6) is 0. The van der Waals surface area contributed by atoms with Gasteiger partial charge in [0, 0.05) is 49.1 Å². The van der Waals surface area contributed by atoms with E-state index in [-0.39, 0.29) is 0 Å². The molecule has 0 aliphatic carbocycles. The first-order valence-electron chi connectivity index (χ1n) is 8.20. The number of aromatic nitrogens is 4. The molecule has 0 unspecified atom stereocenters. The van der Waals surface area contributed by atoms with Gasteiger partial charge in [0.25, 0.3) is 0 Å². The third-order valence-electron chi connectivity index (χ3n) is 4.56. The van der Waals surface area contributed by atoms with Crippen molar-refractivity contribution in [2.75, 3.05) is 6.54 Å². The molecule has 4 rings (SSSR count). The molecule has 0 fully saturated rings. The number of rotatable bonds is 3. The predicted molar refractivity (Wildman–Crippen MR) is 101 cm³/mol. The Morgan fingerprint density at radius 3 is 2.88 bits per heavy atom. The number of aromatic amines is 1. The molecular formula is C18H18ClN5S. The SMILES string of the molecule is Cc1nn(-c2ccccc2)c(Cl)c1CN1CCc2[nH]c(=S)ncc2C1. The number of benzene rings is 1. The van der Waals surface area contributed by atoms with Crippen molar-refractivity contribution in [3.05, 3.63) is 69.0 Å². The van der Waals surface area contributed by atoms with Crippen LogP contribution < -0.4 is 0 Å². The molecule has 1 aliphatic heterocycles. The molecule has 0 amide bonds. The van der Waals surface area contributed by atoms with Gasteiger partial charge >= 0.3 is 0 Å². The number of H-pyrrole nitrogens is 1. The monoisotopic (exact) mass is 371 g/mol. The van der Waals surface area contributed by atoms with Gasteiger partial charge in [-0.1, -0.05) is 29.8 Å². The highest BCUT2D eigenvalue weighted by Crippen LogP contribution is 2.26. The van der Waals surface area contributed by atoms with Gasteiger partial charge in [0.2, 0.25) is 0 Å². The van der Waals surface area contributed by atoms with Gasteiger partial charge < -0.3 is 4.98 Å². The van der Waals surface area contributed by atoms with Crippen LogP contribution in [0, 0.1) is 11.7 Å². The maximum atomic E-state index is 6.65. The normalized spacial score (nSPS) is 14.5. The lowest BCUT2D eigenvalue weighted by molar-refractivity contribution is 0.242. The minimum Gasteiger partial charge on any atom is -0.334 e. The van der Waals surface area contributed by atoms with E-state index in [1.165, 1.54) is 11.3 Å². The molecule has 128 valence electrons. The lowest BCUT2D eigenvalue weighted by Crippen LogP contribution is -2.31. The van der Waals surface area contributed by atoms with Crippen molar-refractivity contribution in [2.45, 2.75) is 26.4 Å². The lowest BCUT2D eigenvalue weighted by Gasteiger charge is -2.28. The first-order valence-corrected chi connectivity index (χ1v) is 8.99. The zero-order valence-corrected chi connectivity index (χ0v) is 15.4. The summed E-state index contributed by atoms with van der Waals surface area (Å²) in [7, 11) is 0. The minimum absolute atomic E-state index is 0.551. The molecule has 0 spiro atoms. The number of fused-ring (bicyclic) bond motifs is 1. The number of para-hydroxylation sites is 1. The molecule has 0 saturated carbocycles. The van der Waals surface area contributed by atoms with Crippen LogP contribution in [-0.4, -0.2) is 31.2 Å². The summed E-state index contributed by atoms with van der Waals surface area (Å²) in [6.45, 7) is 4.57. The van der Waals surface area contributed by atoms with Crippen molar-refractivity contribution in [3.63, 3.8) is 0 Å². The van der Waals surface area contributed by atoms with Gasteiger partial charge in [-0.15, -0.1) is 0 Å². The van der Waals surface area contributed by atoms with Gasteiger partial charge in [-0.3, -0.25) is 4.90 Å². The van der Waals surface area contributed by atoms with Crippen molar-refractivity contribution < 1.29 is 0 Å². The minimum atomic E-state index is 0.551. The Balaban J connectivity index is 1.59. The Bertz CT molecular complexity index is 963. The Kier molecular flexibility index (Phi) is 4.41. The maximum Gasteiger partial charge on any atom is 0.196 e. The van der Waals surface area contributed by atoms with E-state index in [9.17, 15) is 0 Å². The Hall–Kier alpha value is -2.02. The van der Waals surface area contributed by atoms with Gasteiger partial charge in [0.1, 0.15) is 5.15 Å². The summed E-state index contributed by atoms with van der Waals surface area (Å²) in [6, 6.07) is 9.97. The summed E-state index contributed by atoms with van der Waals surface area (Å²) < 4.78 is 2.36. The van der Waals surface area contributed by atoms with Crippen LogP contribution in [0.15, 0.2) is 36.5 Å². The molecule has 0 radical (unpaired) electrons. The van der Waals surface area contributed by atoms with Crippen LogP contribution in [0.3, 0.4) is 0 Å². The fraction of sp³-hybridized carbons (Fsp3) is 0.278. The molecule has 0 bridgehead atoms. The van der Waals surface area contributed by atoms with Gasteiger partial charge in [0.05, 0.1) is 11.4 Å². The number of nitrogens with zero attached hydrogens (tertiary/aromatic N) is 4. The number of halogens is 1. The van der Waals surface area contributed by atoms with E-state index in [2.05, 4.69) is 20.0 Å². The smallest absolute Gasteiger partial charge is 0.196 e. The first kappa shape index (κ1) is 16.4. The fourth-order valence-corrected chi connectivity index (χ4v) is 3.72. The number of hydrogen-bond acceptors (Lipinski definition) is 4. The van der Waals surface area contributed by atoms with E-state index in [1.54, 1.807) is 0 Å². The van der Waals surface area contributed by atoms with Crippen LogP contribution in [-0.2, 0) is 19.5 Å². The van der Waals surface area contributed by atoms with Gasteiger partial charge in [-0.05, 0) is 31.3 Å². The second-order valence-electron chi connectivity index (χ2n) is 6.25. The lowest BCUT2D eigenvalue weighted by atomic mass is 10.1. The number of aryl methyl sites for hydroxylation is 1. The maximum absolute atomic E-state index is 6.65. The highest BCUT2D eigenvalue weighted by atomic mass is 35.5. The Morgan fingerprint density at radius 2 is 2.08 bits per heavy atom. The molecule has 5 nitrogen and oxygen atoms in total. The molecule has 0 saturated heterocycles. The quantitative estimate of drug-likeness (QED) is 0.710. The van der Waals surface area contributed by atoms with Crippen molar-refractivity contribution >= 4 is 23.8 Å². The van der Waals surface area contributed by atoms with Crippen LogP contribution in [0.2, 0.25) is 5.15 Å². The average Bonchev–Trinajstić information content (AvgIpc) is 2.91. The summed E-state index contributed by atoms with van der Waals surface area (Å²) >= 11 is 11.8. The molecule has 3 heterocycles. The van der Waals surface area contributed by atoms with E-state index < -0.39 is 0 Å².